The van der Waals surface area contributed by atoms with E-state index in [1.807, 2.05) is 0 Å². The fraction of sp³-hybridized carbons (Fsp3) is 0.933. The van der Waals surface area contributed by atoms with E-state index in [1.54, 1.807) is 0 Å². The van der Waals surface area contributed by atoms with E-state index >= 15 is 0 Å². The maximum absolute atomic E-state index is 12.8. The van der Waals surface area contributed by atoms with E-state index in [4.69, 9.17) is 10.8 Å². The standard InChI is InChI=1S/C15H28N2O2/c1-11-10-12(16)5-6-14(11)15(19)17-8-3-2-4-13(17)7-9-18/h11-14,18H,2-10,16H2,1H3. The number of carbonyl (C=O) groups excluding carboxylic acids is 1. The van der Waals surface area contributed by atoms with Gasteiger partial charge in [0.15, 0.2) is 0 Å². The molecule has 0 spiro atoms. The lowest BCUT2D eigenvalue weighted by Crippen LogP contribution is -2.49. The lowest BCUT2D eigenvalue weighted by molar-refractivity contribution is -0.142. The number of hydrogen-bond donors (Lipinski definition) is 2. The van der Waals surface area contributed by atoms with Crippen LogP contribution in [0.2, 0.25) is 0 Å². The van der Waals surface area contributed by atoms with Crippen molar-refractivity contribution >= 4 is 5.91 Å². The number of hydrogen-bond acceptors (Lipinski definition) is 3. The number of nitrogens with two attached hydrogens (primary N) is 1. The van der Waals surface area contributed by atoms with Crippen molar-refractivity contribution in [2.75, 3.05) is 13.2 Å². The highest BCUT2D eigenvalue weighted by Gasteiger charge is 2.36. The third kappa shape index (κ3) is 3.48. The summed E-state index contributed by atoms with van der Waals surface area (Å²) >= 11 is 0. The van der Waals surface area contributed by atoms with Gasteiger partial charge in [-0.15, -0.1) is 0 Å². The zero-order valence-electron chi connectivity index (χ0n) is 12.1. The van der Waals surface area contributed by atoms with Gasteiger partial charge in [0.05, 0.1) is 0 Å². The van der Waals surface area contributed by atoms with Crippen LogP contribution >= 0.6 is 0 Å². The van der Waals surface area contributed by atoms with Crippen molar-refractivity contribution in [1.82, 2.24) is 4.90 Å². The van der Waals surface area contributed by atoms with Crippen LogP contribution in [0, 0.1) is 11.8 Å². The molecule has 2 aliphatic rings. The molecular formula is C15H28N2O2. The molecule has 2 rings (SSSR count). The summed E-state index contributed by atoms with van der Waals surface area (Å²) in [5.74, 6) is 0.865. The Balaban J connectivity index is 2.00. The number of aliphatic hydroxyl groups is 1. The Labute approximate surface area is 116 Å². The molecule has 0 aromatic heterocycles. The van der Waals surface area contributed by atoms with Gasteiger partial charge in [-0.25, -0.2) is 0 Å². The molecule has 2 fully saturated rings. The normalized spacial score (nSPS) is 36.3. The molecule has 4 nitrogen and oxygen atoms in total. The zero-order chi connectivity index (χ0) is 13.8. The van der Waals surface area contributed by atoms with Gasteiger partial charge in [0.2, 0.25) is 5.91 Å². The van der Waals surface area contributed by atoms with Gasteiger partial charge in [-0.1, -0.05) is 6.92 Å². The van der Waals surface area contributed by atoms with Crippen molar-refractivity contribution in [2.45, 2.75) is 64.0 Å². The van der Waals surface area contributed by atoms with Gasteiger partial charge < -0.3 is 15.7 Å². The van der Waals surface area contributed by atoms with E-state index in [0.29, 0.717) is 11.8 Å². The SMILES string of the molecule is CC1CC(N)CCC1C(=O)N1CCCCC1CCO. The molecule has 1 saturated carbocycles. The molecule has 0 radical (unpaired) electrons. The average Bonchev–Trinajstić information content (AvgIpc) is 2.39. The lowest BCUT2D eigenvalue weighted by atomic mass is 9.77. The van der Waals surface area contributed by atoms with Gasteiger partial charge in [0.1, 0.15) is 0 Å². The van der Waals surface area contributed by atoms with Crippen LogP contribution in [0.5, 0.6) is 0 Å². The third-order valence-electron chi connectivity index (χ3n) is 4.90. The minimum atomic E-state index is 0.152. The van der Waals surface area contributed by atoms with Gasteiger partial charge >= 0.3 is 0 Å². The summed E-state index contributed by atoms with van der Waals surface area (Å²) < 4.78 is 0. The van der Waals surface area contributed by atoms with E-state index in [1.165, 1.54) is 6.42 Å². The molecule has 4 unspecified atom stereocenters. The number of carbonyl (C=O) groups is 1. The number of piperidine rings is 1. The number of aliphatic hydroxyl groups excluding tert-OH is 1. The number of nitrogens with zero attached hydrogens (tertiary/aromatic N) is 1. The van der Waals surface area contributed by atoms with E-state index in [0.717, 1.165) is 45.1 Å². The second-order valence-corrected chi connectivity index (χ2v) is 6.35. The Morgan fingerprint density at radius 1 is 1.32 bits per heavy atom. The highest BCUT2D eigenvalue weighted by molar-refractivity contribution is 5.79. The maximum Gasteiger partial charge on any atom is 0.226 e. The zero-order valence-corrected chi connectivity index (χ0v) is 12.1. The quantitative estimate of drug-likeness (QED) is 0.815. The van der Waals surface area contributed by atoms with Crippen LogP contribution in [0.1, 0.15) is 51.9 Å². The second-order valence-electron chi connectivity index (χ2n) is 6.35. The number of amides is 1. The number of likely N-dealkylation sites (tertiary alicyclic amines) is 1. The van der Waals surface area contributed by atoms with Crippen molar-refractivity contribution < 1.29 is 9.90 Å². The minimum absolute atomic E-state index is 0.152. The average molecular weight is 268 g/mol. The van der Waals surface area contributed by atoms with E-state index in [9.17, 15) is 4.79 Å². The van der Waals surface area contributed by atoms with Crippen LogP contribution in [-0.4, -0.2) is 41.1 Å². The minimum Gasteiger partial charge on any atom is -0.396 e. The highest BCUT2D eigenvalue weighted by atomic mass is 16.3. The third-order valence-corrected chi connectivity index (χ3v) is 4.90. The van der Waals surface area contributed by atoms with Crippen molar-refractivity contribution in [2.24, 2.45) is 17.6 Å². The highest BCUT2D eigenvalue weighted by Crippen LogP contribution is 2.32. The predicted octanol–water partition coefficient (Wildman–Crippen LogP) is 1.51. The number of rotatable bonds is 3. The molecule has 4 heteroatoms. The van der Waals surface area contributed by atoms with Crippen LogP contribution in [0.4, 0.5) is 0 Å². The van der Waals surface area contributed by atoms with Crippen LogP contribution in [0.15, 0.2) is 0 Å². The first kappa shape index (κ1) is 14.8. The van der Waals surface area contributed by atoms with Crippen molar-refractivity contribution in [3.05, 3.63) is 0 Å². The molecule has 0 bridgehead atoms. The molecule has 1 heterocycles. The summed E-state index contributed by atoms with van der Waals surface area (Å²) in [6, 6.07) is 0.530. The predicted molar refractivity (Wildman–Crippen MR) is 75.5 cm³/mol. The molecule has 1 aliphatic carbocycles. The molecule has 0 aromatic rings. The summed E-state index contributed by atoms with van der Waals surface area (Å²) in [4.78, 5) is 14.8. The topological polar surface area (TPSA) is 66.6 Å². The van der Waals surface area contributed by atoms with Crippen LogP contribution in [0.25, 0.3) is 0 Å². The fourth-order valence-corrected chi connectivity index (χ4v) is 3.76. The van der Waals surface area contributed by atoms with E-state index in [-0.39, 0.29) is 24.6 Å². The van der Waals surface area contributed by atoms with Crippen molar-refractivity contribution in [3.63, 3.8) is 0 Å². The van der Waals surface area contributed by atoms with Gasteiger partial charge in [0, 0.05) is 31.2 Å². The Bertz CT molecular complexity index is 307. The fourth-order valence-electron chi connectivity index (χ4n) is 3.76. The largest absolute Gasteiger partial charge is 0.396 e. The molecule has 1 aliphatic heterocycles. The molecule has 1 saturated heterocycles. The summed E-state index contributed by atoms with van der Waals surface area (Å²) in [5, 5.41) is 9.16. The Morgan fingerprint density at radius 2 is 2.11 bits per heavy atom. The van der Waals surface area contributed by atoms with Crippen LogP contribution < -0.4 is 5.73 Å². The van der Waals surface area contributed by atoms with Gasteiger partial charge in [0.25, 0.3) is 0 Å². The Kier molecular flexibility index (Phi) is 5.22. The van der Waals surface area contributed by atoms with Crippen molar-refractivity contribution in [3.8, 4) is 0 Å². The van der Waals surface area contributed by atoms with E-state index in [2.05, 4.69) is 11.8 Å². The molecule has 110 valence electrons. The van der Waals surface area contributed by atoms with Gasteiger partial charge in [-0.2, -0.15) is 0 Å². The monoisotopic (exact) mass is 268 g/mol. The van der Waals surface area contributed by atoms with Crippen molar-refractivity contribution in [1.29, 1.82) is 0 Å². The first-order valence-corrected chi connectivity index (χ1v) is 7.80. The summed E-state index contributed by atoms with van der Waals surface area (Å²) in [5.41, 5.74) is 5.98. The summed E-state index contributed by atoms with van der Waals surface area (Å²) in [6.07, 6.45) is 6.94. The first-order chi connectivity index (χ1) is 9.13. The molecule has 3 N–H and O–H groups in total. The van der Waals surface area contributed by atoms with Crippen LogP contribution in [0.3, 0.4) is 0 Å². The molecule has 4 atom stereocenters. The van der Waals surface area contributed by atoms with E-state index < -0.39 is 0 Å². The second kappa shape index (κ2) is 6.71. The first-order valence-electron chi connectivity index (χ1n) is 7.80. The van der Waals surface area contributed by atoms with Crippen LogP contribution in [-0.2, 0) is 4.79 Å². The lowest BCUT2D eigenvalue weighted by Gasteiger charge is -2.41. The molecule has 19 heavy (non-hydrogen) atoms. The molecule has 0 aromatic carbocycles. The summed E-state index contributed by atoms with van der Waals surface area (Å²) in [6.45, 7) is 3.21. The maximum atomic E-state index is 12.8. The molecular weight excluding hydrogens is 240 g/mol. The Morgan fingerprint density at radius 3 is 2.79 bits per heavy atom. The van der Waals surface area contributed by atoms with Gasteiger partial charge in [-0.3, -0.25) is 4.79 Å². The van der Waals surface area contributed by atoms with Gasteiger partial charge in [-0.05, 0) is 50.9 Å². The summed E-state index contributed by atoms with van der Waals surface area (Å²) in [7, 11) is 0. The smallest absolute Gasteiger partial charge is 0.226 e. The Hall–Kier alpha value is -0.610. The molecule has 1 amide bonds.